The second kappa shape index (κ2) is 11.1. The van der Waals surface area contributed by atoms with E-state index in [2.05, 4.69) is 193 Å². The highest BCUT2D eigenvalue weighted by Gasteiger charge is 2.51. The highest BCUT2D eigenvalue weighted by Crippen LogP contribution is 2.63. The number of nitrogens with zero attached hydrogens (tertiary/aromatic N) is 1. The molecule has 1 aliphatic heterocycles. The summed E-state index contributed by atoms with van der Waals surface area (Å²) in [5, 5.41) is 2.17. The van der Waals surface area contributed by atoms with Crippen LogP contribution in [0.1, 0.15) is 22.3 Å². The molecule has 11 rings (SSSR count). The fourth-order valence-electron chi connectivity index (χ4n) is 8.80. The molecule has 2 aliphatic rings. The average molecular weight is 666 g/mol. The van der Waals surface area contributed by atoms with E-state index in [1.165, 1.54) is 33.4 Å². The Balaban J connectivity index is 1.19. The Kier molecular flexibility index (Phi) is 6.17. The van der Waals surface area contributed by atoms with Crippen LogP contribution in [-0.2, 0) is 5.41 Å². The molecular formula is C49H31NO2. The highest BCUT2D eigenvalue weighted by molar-refractivity contribution is 6.15. The first kappa shape index (κ1) is 28.9. The summed E-state index contributed by atoms with van der Waals surface area (Å²) in [6.45, 7) is 0. The monoisotopic (exact) mass is 665 g/mol. The Labute approximate surface area is 301 Å². The topological polar surface area (TPSA) is 25.6 Å². The first-order chi connectivity index (χ1) is 25.8. The summed E-state index contributed by atoms with van der Waals surface area (Å²) in [5.41, 5.74) is 13.9. The molecule has 2 heterocycles. The van der Waals surface area contributed by atoms with Crippen LogP contribution in [0.2, 0.25) is 0 Å². The summed E-state index contributed by atoms with van der Waals surface area (Å²) < 4.78 is 13.4. The van der Waals surface area contributed by atoms with Crippen molar-refractivity contribution in [2.45, 2.75) is 5.41 Å². The molecular weight excluding hydrogens is 635 g/mol. The summed E-state index contributed by atoms with van der Waals surface area (Å²) >= 11 is 0. The number of para-hydroxylation sites is 3. The zero-order valence-electron chi connectivity index (χ0n) is 28.2. The van der Waals surface area contributed by atoms with Crippen LogP contribution in [0.5, 0.6) is 11.5 Å². The zero-order chi connectivity index (χ0) is 34.2. The minimum Gasteiger partial charge on any atom is -0.457 e. The van der Waals surface area contributed by atoms with E-state index in [1.54, 1.807) is 0 Å². The van der Waals surface area contributed by atoms with Gasteiger partial charge in [0.15, 0.2) is 0 Å². The van der Waals surface area contributed by atoms with Gasteiger partial charge in [-0.25, -0.2) is 0 Å². The second-order valence-corrected chi connectivity index (χ2v) is 13.6. The molecule has 0 amide bonds. The summed E-state index contributed by atoms with van der Waals surface area (Å²) in [7, 11) is 0. The van der Waals surface area contributed by atoms with E-state index < -0.39 is 5.41 Å². The van der Waals surface area contributed by atoms with Gasteiger partial charge in [0.25, 0.3) is 0 Å². The summed E-state index contributed by atoms with van der Waals surface area (Å²) in [6.07, 6.45) is 0. The maximum atomic E-state index is 6.88. The Hall–Kier alpha value is -6.84. The van der Waals surface area contributed by atoms with E-state index in [9.17, 15) is 0 Å². The quantitative estimate of drug-likeness (QED) is 0.187. The molecule has 3 heteroatoms. The van der Waals surface area contributed by atoms with Gasteiger partial charge in [0.1, 0.15) is 22.7 Å². The lowest BCUT2D eigenvalue weighted by Gasteiger charge is -2.39. The third-order valence-electron chi connectivity index (χ3n) is 10.9. The first-order valence-corrected chi connectivity index (χ1v) is 17.8. The number of hydrogen-bond acceptors (Lipinski definition) is 3. The minimum atomic E-state index is -0.554. The summed E-state index contributed by atoms with van der Waals surface area (Å²) in [5.74, 6) is 1.76. The normalized spacial score (nSPS) is 13.3. The number of rotatable bonds is 4. The minimum absolute atomic E-state index is 0.554. The van der Waals surface area contributed by atoms with Gasteiger partial charge in [-0.2, -0.15) is 0 Å². The van der Waals surface area contributed by atoms with Crippen LogP contribution < -0.4 is 9.64 Å². The van der Waals surface area contributed by atoms with Crippen molar-refractivity contribution in [2.75, 3.05) is 4.90 Å². The first-order valence-electron chi connectivity index (χ1n) is 17.8. The standard InChI is InChI=1S/C49H31NO2/c1-3-15-32(16-4-1)33-17-13-20-35(29-33)50(34-18-5-2-6-19-34)43-25-14-28-46-48(43)38-30-37-36-21-7-8-22-39(36)49(42(37)31-47(38)52-46)40-23-9-11-26-44(40)51-45-27-12-10-24-41(45)49/h1-31H. The third-order valence-corrected chi connectivity index (χ3v) is 10.9. The molecule has 0 radical (unpaired) electrons. The van der Waals surface area contributed by atoms with Gasteiger partial charge < -0.3 is 14.1 Å². The van der Waals surface area contributed by atoms with Gasteiger partial charge in [0, 0.05) is 27.9 Å². The number of fused-ring (bicyclic) bond motifs is 12. The fraction of sp³-hybridized carbons (Fsp3) is 0.0204. The van der Waals surface area contributed by atoms with Crippen molar-refractivity contribution in [2.24, 2.45) is 0 Å². The largest absolute Gasteiger partial charge is 0.457 e. The van der Waals surface area contributed by atoms with Crippen LogP contribution in [0.15, 0.2) is 192 Å². The third kappa shape index (κ3) is 4.02. The molecule has 1 spiro atoms. The van der Waals surface area contributed by atoms with E-state index in [4.69, 9.17) is 9.15 Å². The number of anilines is 3. The average Bonchev–Trinajstić information content (AvgIpc) is 3.72. The molecule has 0 unspecified atom stereocenters. The van der Waals surface area contributed by atoms with Crippen molar-refractivity contribution in [1.29, 1.82) is 0 Å². The van der Waals surface area contributed by atoms with Crippen LogP contribution >= 0.6 is 0 Å². The van der Waals surface area contributed by atoms with Crippen LogP contribution in [0.3, 0.4) is 0 Å². The Bertz CT molecular complexity index is 2790. The summed E-state index contributed by atoms with van der Waals surface area (Å²) in [6, 6.07) is 66.9. The summed E-state index contributed by atoms with van der Waals surface area (Å²) in [4.78, 5) is 2.36. The Morgan fingerprint density at radius 1 is 0.404 bits per heavy atom. The van der Waals surface area contributed by atoms with Crippen molar-refractivity contribution >= 4 is 39.0 Å². The van der Waals surface area contributed by atoms with Gasteiger partial charge in [-0.05, 0) is 94.0 Å². The van der Waals surface area contributed by atoms with Crippen LogP contribution in [-0.4, -0.2) is 0 Å². The molecule has 0 bridgehead atoms. The lowest BCUT2D eigenvalue weighted by molar-refractivity contribution is 0.436. The molecule has 0 saturated carbocycles. The molecule has 1 aliphatic carbocycles. The highest BCUT2D eigenvalue weighted by atomic mass is 16.5. The molecule has 9 aromatic rings. The van der Waals surface area contributed by atoms with Crippen molar-refractivity contribution in [1.82, 2.24) is 0 Å². The van der Waals surface area contributed by atoms with Gasteiger partial charge in [-0.1, -0.05) is 127 Å². The van der Waals surface area contributed by atoms with Gasteiger partial charge in [0.2, 0.25) is 0 Å². The molecule has 244 valence electrons. The molecule has 0 atom stereocenters. The van der Waals surface area contributed by atoms with Crippen LogP contribution in [0, 0.1) is 0 Å². The lowest BCUT2D eigenvalue weighted by Crippen LogP contribution is -2.32. The SMILES string of the molecule is c1ccc(-c2cccc(N(c3ccccc3)c3cccc4oc5cc6c(cc5c34)-c3ccccc3C63c4ccccc4Oc4ccccc43)c2)cc1. The number of furan rings is 1. The van der Waals surface area contributed by atoms with Crippen molar-refractivity contribution in [3.05, 3.63) is 210 Å². The van der Waals surface area contributed by atoms with Gasteiger partial charge in [0.05, 0.1) is 16.5 Å². The predicted molar refractivity (Wildman–Crippen MR) is 211 cm³/mol. The predicted octanol–water partition coefficient (Wildman–Crippen LogP) is 13.2. The molecule has 8 aromatic carbocycles. The second-order valence-electron chi connectivity index (χ2n) is 13.6. The van der Waals surface area contributed by atoms with Crippen molar-refractivity contribution < 1.29 is 9.15 Å². The lowest BCUT2D eigenvalue weighted by atomic mass is 9.66. The molecule has 0 N–H and O–H groups in total. The molecule has 0 fully saturated rings. The van der Waals surface area contributed by atoms with Gasteiger partial charge in [-0.15, -0.1) is 0 Å². The maximum absolute atomic E-state index is 6.88. The van der Waals surface area contributed by atoms with E-state index in [0.717, 1.165) is 61.6 Å². The number of ether oxygens (including phenoxy) is 1. The Morgan fingerprint density at radius 3 is 1.79 bits per heavy atom. The van der Waals surface area contributed by atoms with E-state index in [1.807, 2.05) is 0 Å². The molecule has 3 nitrogen and oxygen atoms in total. The number of benzene rings is 8. The van der Waals surface area contributed by atoms with Crippen molar-refractivity contribution in [3.63, 3.8) is 0 Å². The smallest absolute Gasteiger partial charge is 0.137 e. The molecule has 0 saturated heterocycles. The van der Waals surface area contributed by atoms with E-state index in [0.29, 0.717) is 0 Å². The van der Waals surface area contributed by atoms with Crippen molar-refractivity contribution in [3.8, 4) is 33.8 Å². The van der Waals surface area contributed by atoms with E-state index in [-0.39, 0.29) is 0 Å². The van der Waals surface area contributed by atoms with Gasteiger partial charge >= 0.3 is 0 Å². The van der Waals surface area contributed by atoms with Crippen LogP contribution in [0.4, 0.5) is 17.1 Å². The molecule has 1 aromatic heterocycles. The number of hydrogen-bond donors (Lipinski definition) is 0. The van der Waals surface area contributed by atoms with E-state index >= 15 is 0 Å². The van der Waals surface area contributed by atoms with Gasteiger partial charge in [-0.3, -0.25) is 0 Å². The fourth-order valence-corrected chi connectivity index (χ4v) is 8.80. The Morgan fingerprint density at radius 2 is 1.02 bits per heavy atom. The zero-order valence-corrected chi connectivity index (χ0v) is 28.2. The maximum Gasteiger partial charge on any atom is 0.137 e. The van der Waals surface area contributed by atoms with Crippen LogP contribution in [0.25, 0.3) is 44.2 Å². The molecule has 52 heavy (non-hydrogen) atoms.